The summed E-state index contributed by atoms with van der Waals surface area (Å²) in [6.07, 6.45) is -1.86. The second kappa shape index (κ2) is 5.87. The molecule has 0 bridgehead atoms. The van der Waals surface area contributed by atoms with Gasteiger partial charge in [-0.05, 0) is 38.6 Å². The van der Waals surface area contributed by atoms with E-state index >= 15 is 0 Å². The molecule has 1 aliphatic rings. The van der Waals surface area contributed by atoms with Gasteiger partial charge in [-0.1, -0.05) is 6.42 Å². The Morgan fingerprint density at radius 2 is 2.06 bits per heavy atom. The maximum absolute atomic E-state index is 12.5. The van der Waals surface area contributed by atoms with E-state index in [-0.39, 0.29) is 18.4 Å². The summed E-state index contributed by atoms with van der Waals surface area (Å²) >= 11 is 0. The average Bonchev–Trinajstić information content (AvgIpc) is 2.25. The summed E-state index contributed by atoms with van der Waals surface area (Å²) in [5.74, 6) is -0.949. The minimum atomic E-state index is -4.02. The van der Waals surface area contributed by atoms with Crippen LogP contribution in [0.3, 0.4) is 0 Å². The fraction of sp³-hybridized carbons (Fsp3) is 1.00. The van der Waals surface area contributed by atoms with Gasteiger partial charge >= 0.3 is 6.18 Å². The third kappa shape index (κ3) is 4.29. The molecule has 3 atom stereocenters. The van der Waals surface area contributed by atoms with Crippen molar-refractivity contribution >= 4 is 0 Å². The zero-order valence-corrected chi connectivity index (χ0v) is 9.69. The van der Waals surface area contributed by atoms with Crippen LogP contribution in [0.2, 0.25) is 0 Å². The van der Waals surface area contributed by atoms with Gasteiger partial charge in [0.2, 0.25) is 0 Å². The molecule has 0 heterocycles. The predicted molar refractivity (Wildman–Crippen MR) is 58.0 cm³/mol. The van der Waals surface area contributed by atoms with Crippen LogP contribution in [0.1, 0.15) is 32.6 Å². The van der Waals surface area contributed by atoms with Gasteiger partial charge in [-0.25, -0.2) is 0 Å². The number of halogens is 3. The highest BCUT2D eigenvalue weighted by Crippen LogP contribution is 2.39. The molecule has 0 aliphatic heterocycles. The first-order valence-corrected chi connectivity index (χ1v) is 5.93. The zero-order chi connectivity index (χ0) is 12.2. The van der Waals surface area contributed by atoms with Crippen molar-refractivity contribution in [3.05, 3.63) is 0 Å². The van der Waals surface area contributed by atoms with E-state index in [4.69, 9.17) is 5.73 Å². The number of rotatable bonds is 4. The minimum absolute atomic E-state index is 0.148. The second-order valence-electron chi connectivity index (χ2n) is 4.82. The second-order valence-corrected chi connectivity index (χ2v) is 4.82. The van der Waals surface area contributed by atoms with Crippen LogP contribution in [0.5, 0.6) is 0 Å². The molecule has 2 nitrogen and oxygen atoms in total. The van der Waals surface area contributed by atoms with Gasteiger partial charge in [0.1, 0.15) is 0 Å². The lowest BCUT2D eigenvalue weighted by Gasteiger charge is -2.31. The molecule has 1 fully saturated rings. The normalized spacial score (nSPS) is 29.1. The number of nitrogens with one attached hydrogen (secondary N) is 1. The van der Waals surface area contributed by atoms with Gasteiger partial charge in [-0.2, -0.15) is 13.2 Å². The zero-order valence-electron chi connectivity index (χ0n) is 9.69. The van der Waals surface area contributed by atoms with Crippen LogP contribution < -0.4 is 11.1 Å². The van der Waals surface area contributed by atoms with E-state index in [2.05, 4.69) is 5.32 Å². The van der Waals surface area contributed by atoms with Gasteiger partial charge in [0, 0.05) is 12.6 Å². The number of alkyl halides is 3. The summed E-state index contributed by atoms with van der Waals surface area (Å²) in [5.41, 5.74) is 5.44. The number of hydrogen-bond donors (Lipinski definition) is 2. The van der Waals surface area contributed by atoms with Crippen LogP contribution in [0, 0.1) is 11.8 Å². The Kier molecular flexibility index (Phi) is 5.05. The summed E-state index contributed by atoms with van der Waals surface area (Å²) < 4.78 is 37.6. The molecule has 0 spiro atoms. The molecule has 1 saturated carbocycles. The Morgan fingerprint density at radius 3 is 2.62 bits per heavy atom. The Morgan fingerprint density at radius 1 is 1.38 bits per heavy atom. The van der Waals surface area contributed by atoms with Crippen LogP contribution >= 0.6 is 0 Å². The first kappa shape index (κ1) is 13.8. The van der Waals surface area contributed by atoms with Crippen LogP contribution in [-0.2, 0) is 0 Å². The smallest absolute Gasteiger partial charge is 0.329 e. The third-order valence-corrected chi connectivity index (χ3v) is 3.35. The van der Waals surface area contributed by atoms with E-state index in [9.17, 15) is 13.2 Å². The molecule has 1 rings (SSSR count). The summed E-state index contributed by atoms with van der Waals surface area (Å²) in [6, 6.07) is 0.186. The van der Waals surface area contributed by atoms with Crippen molar-refractivity contribution in [2.75, 3.05) is 13.1 Å². The van der Waals surface area contributed by atoms with Gasteiger partial charge < -0.3 is 11.1 Å². The average molecular weight is 238 g/mol. The van der Waals surface area contributed by atoms with Crippen molar-refractivity contribution in [3.8, 4) is 0 Å². The summed E-state index contributed by atoms with van der Waals surface area (Å²) in [7, 11) is 0. The fourth-order valence-electron chi connectivity index (χ4n) is 2.22. The minimum Gasteiger partial charge on any atom is -0.329 e. The largest absolute Gasteiger partial charge is 0.391 e. The van der Waals surface area contributed by atoms with Crippen molar-refractivity contribution in [1.82, 2.24) is 5.32 Å². The van der Waals surface area contributed by atoms with E-state index in [1.54, 1.807) is 0 Å². The molecule has 3 N–H and O–H groups in total. The lowest BCUT2D eigenvalue weighted by atomic mass is 9.81. The standard InChI is InChI=1S/C11H21F3N2/c1-8(6-15)16-7-9-3-2-4-10(5-9)11(12,13)14/h8-10,16H,2-7,15H2,1H3/t8-,9?,10?/m0/s1. The van der Waals surface area contributed by atoms with E-state index in [0.717, 1.165) is 6.42 Å². The van der Waals surface area contributed by atoms with Crippen LogP contribution in [0.15, 0.2) is 0 Å². The molecule has 0 radical (unpaired) electrons. The summed E-state index contributed by atoms with van der Waals surface area (Å²) in [6.45, 7) is 3.13. The highest BCUT2D eigenvalue weighted by molar-refractivity contribution is 4.79. The molecule has 16 heavy (non-hydrogen) atoms. The van der Waals surface area contributed by atoms with Crippen molar-refractivity contribution in [2.24, 2.45) is 17.6 Å². The number of hydrogen-bond acceptors (Lipinski definition) is 2. The first-order chi connectivity index (χ1) is 7.43. The Labute approximate surface area is 94.8 Å². The van der Waals surface area contributed by atoms with Crippen molar-refractivity contribution in [3.63, 3.8) is 0 Å². The molecule has 5 heteroatoms. The maximum Gasteiger partial charge on any atom is 0.391 e. The topological polar surface area (TPSA) is 38.0 Å². The van der Waals surface area contributed by atoms with Crippen LogP contribution in [-0.4, -0.2) is 25.3 Å². The molecule has 96 valence electrons. The molecule has 0 aromatic rings. The molecule has 2 unspecified atom stereocenters. The quantitative estimate of drug-likeness (QED) is 0.788. The Balaban J connectivity index is 2.33. The lowest BCUT2D eigenvalue weighted by Crippen LogP contribution is -2.39. The van der Waals surface area contributed by atoms with Crippen molar-refractivity contribution in [2.45, 2.75) is 44.8 Å². The summed E-state index contributed by atoms with van der Waals surface area (Å²) in [4.78, 5) is 0. The fourth-order valence-corrected chi connectivity index (χ4v) is 2.22. The van der Waals surface area contributed by atoms with Gasteiger partial charge in [-0.3, -0.25) is 0 Å². The molecule has 0 amide bonds. The molecular formula is C11H21F3N2. The highest BCUT2D eigenvalue weighted by Gasteiger charge is 2.41. The van der Waals surface area contributed by atoms with Crippen molar-refractivity contribution < 1.29 is 13.2 Å². The predicted octanol–water partition coefficient (Wildman–Crippen LogP) is 2.29. The van der Waals surface area contributed by atoms with Crippen molar-refractivity contribution in [1.29, 1.82) is 0 Å². The van der Waals surface area contributed by atoms with Gasteiger partial charge in [0.05, 0.1) is 5.92 Å². The van der Waals surface area contributed by atoms with E-state index in [1.165, 1.54) is 0 Å². The van der Waals surface area contributed by atoms with Crippen LogP contribution in [0.25, 0.3) is 0 Å². The Bertz CT molecular complexity index is 206. The molecule has 0 aromatic carbocycles. The molecular weight excluding hydrogens is 217 g/mol. The molecule has 1 aliphatic carbocycles. The SMILES string of the molecule is C[C@@H](CN)NCC1CCCC(C(F)(F)F)C1. The highest BCUT2D eigenvalue weighted by atomic mass is 19.4. The lowest BCUT2D eigenvalue weighted by molar-refractivity contribution is -0.185. The van der Waals surface area contributed by atoms with Gasteiger partial charge in [0.25, 0.3) is 0 Å². The Hall–Kier alpha value is -0.290. The van der Waals surface area contributed by atoms with E-state index in [0.29, 0.717) is 25.9 Å². The molecule has 0 saturated heterocycles. The van der Waals surface area contributed by atoms with Gasteiger partial charge in [0.15, 0.2) is 0 Å². The van der Waals surface area contributed by atoms with E-state index in [1.807, 2.05) is 6.92 Å². The molecule has 0 aromatic heterocycles. The maximum atomic E-state index is 12.5. The van der Waals surface area contributed by atoms with E-state index < -0.39 is 12.1 Å². The number of nitrogens with two attached hydrogens (primary N) is 1. The summed E-state index contributed by atoms with van der Waals surface area (Å²) in [5, 5.41) is 3.18. The van der Waals surface area contributed by atoms with Gasteiger partial charge in [-0.15, -0.1) is 0 Å². The monoisotopic (exact) mass is 238 g/mol. The van der Waals surface area contributed by atoms with Crippen LogP contribution in [0.4, 0.5) is 13.2 Å². The first-order valence-electron chi connectivity index (χ1n) is 5.93. The third-order valence-electron chi connectivity index (χ3n) is 3.35.